The third-order valence-electron chi connectivity index (χ3n) is 2.68. The van der Waals surface area contributed by atoms with Gasteiger partial charge in [-0.15, -0.1) is 0 Å². The van der Waals surface area contributed by atoms with Gasteiger partial charge < -0.3 is 4.98 Å². The summed E-state index contributed by atoms with van der Waals surface area (Å²) in [7, 11) is 0. The summed E-state index contributed by atoms with van der Waals surface area (Å²) >= 11 is 0. The number of hydrazine groups is 1. The number of hydrogen-bond acceptors (Lipinski definition) is 4. The van der Waals surface area contributed by atoms with E-state index >= 15 is 0 Å². The number of hydrogen-bond donors (Lipinski definition) is 3. The number of H-pyrrole nitrogens is 1. The van der Waals surface area contributed by atoms with E-state index < -0.39 is 5.56 Å². The Morgan fingerprint density at radius 1 is 1.53 bits per heavy atom. The van der Waals surface area contributed by atoms with Gasteiger partial charge in [-0.05, 0) is 31.4 Å². The van der Waals surface area contributed by atoms with E-state index in [9.17, 15) is 9.59 Å². The normalized spacial score (nSPS) is 9.76. The molecular weight excluding hydrogens is 220 g/mol. The van der Waals surface area contributed by atoms with Crippen LogP contribution in [0.4, 0.5) is 0 Å². The lowest BCUT2D eigenvalue weighted by Gasteiger charge is -2.10. The van der Waals surface area contributed by atoms with Crippen molar-refractivity contribution < 1.29 is 4.79 Å². The van der Waals surface area contributed by atoms with Crippen LogP contribution in [0.15, 0.2) is 4.79 Å². The van der Waals surface area contributed by atoms with Crippen LogP contribution < -0.4 is 16.8 Å². The number of nitrogens with one attached hydrogen (secondary N) is 2. The van der Waals surface area contributed by atoms with E-state index in [1.165, 1.54) is 0 Å². The lowest BCUT2D eigenvalue weighted by molar-refractivity contribution is -0.121. The molecule has 6 heteroatoms. The average molecular weight is 234 g/mol. The number of carbonyl (C=O) groups excluding carboxylic acids is 1. The largest absolute Gasteiger partial charge is 0.325 e. The molecule has 0 aliphatic rings. The topological polar surface area (TPSA) is 112 Å². The molecule has 0 fully saturated rings. The zero-order valence-corrected chi connectivity index (χ0v) is 9.76. The maximum Gasteiger partial charge on any atom is 0.266 e. The van der Waals surface area contributed by atoms with E-state index in [1.54, 1.807) is 13.8 Å². The maximum atomic E-state index is 11.5. The van der Waals surface area contributed by atoms with Crippen LogP contribution in [0.25, 0.3) is 0 Å². The highest BCUT2D eigenvalue weighted by molar-refractivity contribution is 5.75. The molecule has 0 unspecified atom stereocenters. The first-order valence-corrected chi connectivity index (χ1v) is 5.13. The summed E-state index contributed by atoms with van der Waals surface area (Å²) in [5, 5.41) is 8.87. The Bertz CT molecular complexity index is 540. The first-order chi connectivity index (χ1) is 8.01. The van der Waals surface area contributed by atoms with E-state index in [4.69, 9.17) is 11.1 Å². The Morgan fingerprint density at radius 3 is 2.71 bits per heavy atom. The van der Waals surface area contributed by atoms with Gasteiger partial charge in [0.25, 0.3) is 5.56 Å². The number of nitrogens with zero attached hydrogens (tertiary/aromatic N) is 1. The van der Waals surface area contributed by atoms with Crippen LogP contribution in [0.2, 0.25) is 0 Å². The van der Waals surface area contributed by atoms with Crippen molar-refractivity contribution in [1.29, 1.82) is 5.26 Å². The van der Waals surface area contributed by atoms with E-state index in [0.717, 1.165) is 5.56 Å². The standard InChI is InChI=1S/C11H14N4O2/c1-6-8(3-4-10(16)15-13)7(2)14-11(17)9(6)5-12/h3-4,13H2,1-2H3,(H,14,17)(H,15,16). The molecule has 0 aromatic carbocycles. The SMILES string of the molecule is Cc1[nH]c(=O)c(C#N)c(C)c1CCC(=O)NN. The minimum absolute atomic E-state index is 0.0961. The van der Waals surface area contributed by atoms with Gasteiger partial charge in [-0.1, -0.05) is 0 Å². The molecule has 0 radical (unpaired) electrons. The molecule has 0 bridgehead atoms. The Balaban J connectivity index is 3.13. The first kappa shape index (κ1) is 12.9. The number of aromatic amines is 1. The number of nitriles is 1. The van der Waals surface area contributed by atoms with Gasteiger partial charge in [-0.2, -0.15) is 5.26 Å². The van der Waals surface area contributed by atoms with Crippen molar-refractivity contribution in [3.8, 4) is 6.07 Å². The summed E-state index contributed by atoms with van der Waals surface area (Å²) in [4.78, 5) is 25.1. The van der Waals surface area contributed by atoms with E-state index in [2.05, 4.69) is 4.98 Å². The second-order valence-corrected chi connectivity index (χ2v) is 3.74. The van der Waals surface area contributed by atoms with Gasteiger partial charge in [0.2, 0.25) is 5.91 Å². The van der Waals surface area contributed by atoms with E-state index in [1.807, 2.05) is 11.5 Å². The fourth-order valence-corrected chi connectivity index (χ4v) is 1.73. The fraction of sp³-hybridized carbons (Fsp3) is 0.364. The zero-order valence-electron chi connectivity index (χ0n) is 9.76. The molecule has 90 valence electrons. The van der Waals surface area contributed by atoms with Crippen LogP contribution in [0.5, 0.6) is 0 Å². The Hall–Kier alpha value is -2.13. The van der Waals surface area contributed by atoms with Crippen molar-refractivity contribution in [3.63, 3.8) is 0 Å². The predicted molar refractivity (Wildman–Crippen MR) is 61.9 cm³/mol. The first-order valence-electron chi connectivity index (χ1n) is 5.13. The molecule has 0 atom stereocenters. The van der Waals surface area contributed by atoms with E-state index in [-0.39, 0.29) is 17.9 Å². The molecule has 0 saturated heterocycles. The van der Waals surface area contributed by atoms with Gasteiger partial charge in [0.15, 0.2) is 0 Å². The van der Waals surface area contributed by atoms with Crippen LogP contribution in [0.1, 0.15) is 28.8 Å². The summed E-state index contributed by atoms with van der Waals surface area (Å²) < 4.78 is 0. The molecule has 6 nitrogen and oxygen atoms in total. The van der Waals surface area contributed by atoms with E-state index in [0.29, 0.717) is 17.7 Å². The number of aromatic nitrogens is 1. The number of amides is 1. The number of aryl methyl sites for hydroxylation is 1. The zero-order chi connectivity index (χ0) is 13.0. The Morgan fingerprint density at radius 2 is 2.18 bits per heavy atom. The molecule has 1 amide bonds. The number of carbonyl (C=O) groups is 1. The molecule has 1 aromatic heterocycles. The lowest BCUT2D eigenvalue weighted by Crippen LogP contribution is -2.30. The van der Waals surface area contributed by atoms with Crippen molar-refractivity contribution in [3.05, 3.63) is 32.7 Å². The molecule has 0 spiro atoms. The number of pyridine rings is 1. The average Bonchev–Trinajstić information content (AvgIpc) is 2.28. The summed E-state index contributed by atoms with van der Waals surface area (Å²) in [6, 6.07) is 1.86. The molecule has 1 aromatic rings. The van der Waals surface area contributed by atoms with Crippen LogP contribution in [-0.2, 0) is 11.2 Å². The van der Waals surface area contributed by atoms with Crippen molar-refractivity contribution in [1.82, 2.24) is 10.4 Å². The molecule has 0 aliphatic heterocycles. The number of rotatable bonds is 3. The number of nitrogens with two attached hydrogens (primary N) is 1. The molecule has 0 saturated carbocycles. The quantitative estimate of drug-likeness (QED) is 0.381. The van der Waals surface area contributed by atoms with Gasteiger partial charge in [0.1, 0.15) is 11.6 Å². The molecule has 17 heavy (non-hydrogen) atoms. The minimum atomic E-state index is -0.394. The smallest absolute Gasteiger partial charge is 0.266 e. The van der Waals surface area contributed by atoms with Gasteiger partial charge in [0, 0.05) is 12.1 Å². The van der Waals surface area contributed by atoms with Crippen LogP contribution in [0.3, 0.4) is 0 Å². The fourth-order valence-electron chi connectivity index (χ4n) is 1.73. The highest BCUT2D eigenvalue weighted by Crippen LogP contribution is 2.14. The maximum absolute atomic E-state index is 11.5. The Labute approximate surface area is 98.4 Å². The third-order valence-corrected chi connectivity index (χ3v) is 2.68. The third kappa shape index (κ3) is 2.71. The van der Waals surface area contributed by atoms with Gasteiger partial charge in [0.05, 0.1) is 0 Å². The minimum Gasteiger partial charge on any atom is -0.325 e. The monoisotopic (exact) mass is 234 g/mol. The van der Waals surface area contributed by atoms with Crippen molar-refractivity contribution >= 4 is 5.91 Å². The summed E-state index contributed by atoms with van der Waals surface area (Å²) in [6.07, 6.45) is 0.654. The van der Waals surface area contributed by atoms with Crippen LogP contribution >= 0.6 is 0 Å². The summed E-state index contributed by atoms with van der Waals surface area (Å²) in [5.41, 5.74) is 3.85. The highest BCUT2D eigenvalue weighted by Gasteiger charge is 2.12. The Kier molecular flexibility index (Phi) is 4.01. The van der Waals surface area contributed by atoms with Crippen molar-refractivity contribution in [2.45, 2.75) is 26.7 Å². The second kappa shape index (κ2) is 5.27. The summed E-state index contributed by atoms with van der Waals surface area (Å²) in [6.45, 7) is 3.45. The summed E-state index contributed by atoms with van der Waals surface area (Å²) in [5.74, 6) is 4.70. The molecule has 4 N–H and O–H groups in total. The molecule has 0 aliphatic carbocycles. The molecule has 1 heterocycles. The highest BCUT2D eigenvalue weighted by atomic mass is 16.2. The molecular formula is C11H14N4O2. The van der Waals surface area contributed by atoms with Gasteiger partial charge in [-0.25, -0.2) is 5.84 Å². The second-order valence-electron chi connectivity index (χ2n) is 3.74. The van der Waals surface area contributed by atoms with Crippen LogP contribution in [0, 0.1) is 25.2 Å². The predicted octanol–water partition coefficient (Wildman–Crippen LogP) is -0.214. The van der Waals surface area contributed by atoms with Gasteiger partial charge in [-0.3, -0.25) is 15.0 Å². The van der Waals surface area contributed by atoms with Crippen LogP contribution in [-0.4, -0.2) is 10.9 Å². The van der Waals surface area contributed by atoms with Gasteiger partial charge >= 0.3 is 0 Å². The molecule has 1 rings (SSSR count). The van der Waals surface area contributed by atoms with Crippen molar-refractivity contribution in [2.24, 2.45) is 5.84 Å². The van der Waals surface area contributed by atoms with Crippen molar-refractivity contribution in [2.75, 3.05) is 0 Å². The lowest BCUT2D eigenvalue weighted by atomic mass is 9.99.